The van der Waals surface area contributed by atoms with Crippen LogP contribution >= 0.6 is 24.0 Å². The summed E-state index contributed by atoms with van der Waals surface area (Å²) in [5.74, 6) is 2.66. The van der Waals surface area contributed by atoms with Gasteiger partial charge >= 0.3 is 0 Å². The van der Waals surface area contributed by atoms with E-state index in [9.17, 15) is 0 Å². The van der Waals surface area contributed by atoms with Crippen LogP contribution in [0.5, 0.6) is 5.75 Å². The van der Waals surface area contributed by atoms with E-state index in [1.165, 1.54) is 0 Å². The van der Waals surface area contributed by atoms with Crippen molar-refractivity contribution in [1.82, 2.24) is 15.5 Å². The van der Waals surface area contributed by atoms with Gasteiger partial charge in [0.05, 0.1) is 26.0 Å². The van der Waals surface area contributed by atoms with Gasteiger partial charge in [0.15, 0.2) is 5.96 Å². The summed E-state index contributed by atoms with van der Waals surface area (Å²) in [5, 5.41) is 6.64. The van der Waals surface area contributed by atoms with E-state index >= 15 is 0 Å². The molecule has 0 atom stereocenters. The highest BCUT2D eigenvalue weighted by molar-refractivity contribution is 14.0. The largest absolute Gasteiger partial charge is 0.492 e. The predicted molar refractivity (Wildman–Crippen MR) is 130 cm³/mol. The number of rotatable bonds is 10. The maximum Gasteiger partial charge on any atom is 0.191 e. The number of nitrogens with one attached hydrogen (secondary N) is 2. The second kappa shape index (κ2) is 14.3. The molecule has 2 N–H and O–H groups in total. The molecule has 1 fully saturated rings. The van der Waals surface area contributed by atoms with Crippen LogP contribution in [0.25, 0.3) is 0 Å². The van der Waals surface area contributed by atoms with Crippen LogP contribution < -0.4 is 15.4 Å². The SMILES string of the molecule is CCNC(=NCc1ccccc1OCCN1CCOCC1)NCCc1ccco1.I. The number of benzene rings is 1. The molecule has 1 aromatic heterocycles. The number of furan rings is 1. The summed E-state index contributed by atoms with van der Waals surface area (Å²) in [7, 11) is 0. The van der Waals surface area contributed by atoms with Gasteiger partial charge in [0.2, 0.25) is 0 Å². The first-order valence-corrected chi connectivity index (χ1v) is 10.4. The van der Waals surface area contributed by atoms with E-state index < -0.39 is 0 Å². The van der Waals surface area contributed by atoms with Crippen LogP contribution in [0.15, 0.2) is 52.1 Å². The van der Waals surface area contributed by atoms with Gasteiger partial charge in [0, 0.05) is 44.7 Å². The first kappa shape index (κ1) is 24.5. The van der Waals surface area contributed by atoms with Crippen molar-refractivity contribution in [3.63, 3.8) is 0 Å². The first-order valence-electron chi connectivity index (χ1n) is 10.4. The van der Waals surface area contributed by atoms with Gasteiger partial charge in [-0.3, -0.25) is 4.90 Å². The smallest absolute Gasteiger partial charge is 0.191 e. The van der Waals surface area contributed by atoms with Crippen LogP contribution in [0.1, 0.15) is 18.2 Å². The molecule has 30 heavy (non-hydrogen) atoms. The molecule has 1 aliphatic heterocycles. The van der Waals surface area contributed by atoms with E-state index in [0.29, 0.717) is 13.2 Å². The lowest BCUT2D eigenvalue weighted by Gasteiger charge is -2.26. The molecule has 2 aromatic rings. The van der Waals surface area contributed by atoms with Crippen LogP contribution in [0, 0.1) is 0 Å². The van der Waals surface area contributed by atoms with Gasteiger partial charge < -0.3 is 24.5 Å². The summed E-state index contributed by atoms with van der Waals surface area (Å²) in [6.07, 6.45) is 2.52. The molecule has 8 heteroatoms. The summed E-state index contributed by atoms with van der Waals surface area (Å²) in [6.45, 7) is 9.35. The molecule has 0 bridgehead atoms. The van der Waals surface area contributed by atoms with E-state index in [0.717, 1.165) is 75.4 Å². The van der Waals surface area contributed by atoms with E-state index in [4.69, 9.17) is 18.9 Å². The molecule has 1 saturated heterocycles. The number of morpholine rings is 1. The van der Waals surface area contributed by atoms with Crippen LogP contribution in [-0.2, 0) is 17.7 Å². The number of guanidine groups is 1. The van der Waals surface area contributed by atoms with E-state index in [2.05, 4.69) is 28.5 Å². The zero-order valence-electron chi connectivity index (χ0n) is 17.6. The Kier molecular flexibility index (Phi) is 11.6. The van der Waals surface area contributed by atoms with Crippen molar-refractivity contribution in [2.75, 3.05) is 52.5 Å². The minimum Gasteiger partial charge on any atom is -0.492 e. The van der Waals surface area contributed by atoms with Crippen LogP contribution in [0.2, 0.25) is 0 Å². The summed E-state index contributed by atoms with van der Waals surface area (Å²) in [5.41, 5.74) is 1.08. The maximum absolute atomic E-state index is 6.06. The molecule has 0 radical (unpaired) electrons. The van der Waals surface area contributed by atoms with Crippen molar-refractivity contribution in [2.45, 2.75) is 19.9 Å². The van der Waals surface area contributed by atoms with Gasteiger partial charge in [-0.1, -0.05) is 18.2 Å². The van der Waals surface area contributed by atoms with Crippen molar-refractivity contribution >= 4 is 29.9 Å². The molecular formula is C22H33IN4O3. The molecule has 0 saturated carbocycles. The summed E-state index contributed by atoms with van der Waals surface area (Å²) in [6, 6.07) is 12.0. The van der Waals surface area contributed by atoms with E-state index in [1.807, 2.05) is 30.3 Å². The molecule has 0 amide bonds. The third kappa shape index (κ3) is 8.53. The third-order valence-electron chi connectivity index (χ3n) is 4.74. The maximum atomic E-state index is 6.06. The van der Waals surface area contributed by atoms with Crippen molar-refractivity contribution in [1.29, 1.82) is 0 Å². The monoisotopic (exact) mass is 528 g/mol. The highest BCUT2D eigenvalue weighted by Gasteiger charge is 2.10. The van der Waals surface area contributed by atoms with Crippen molar-refractivity contribution in [3.05, 3.63) is 54.0 Å². The van der Waals surface area contributed by atoms with Gasteiger partial charge in [-0.15, -0.1) is 24.0 Å². The van der Waals surface area contributed by atoms with Crippen LogP contribution in [0.4, 0.5) is 0 Å². The Morgan fingerprint density at radius 3 is 2.73 bits per heavy atom. The van der Waals surface area contributed by atoms with E-state index in [-0.39, 0.29) is 24.0 Å². The lowest BCUT2D eigenvalue weighted by molar-refractivity contribution is 0.0322. The molecule has 2 heterocycles. The van der Waals surface area contributed by atoms with Crippen LogP contribution in [0.3, 0.4) is 0 Å². The summed E-state index contributed by atoms with van der Waals surface area (Å²) < 4.78 is 16.8. The number of halogens is 1. The normalized spacial score (nSPS) is 14.8. The molecule has 0 unspecified atom stereocenters. The molecular weight excluding hydrogens is 495 g/mol. The lowest BCUT2D eigenvalue weighted by atomic mass is 10.2. The van der Waals surface area contributed by atoms with Gasteiger partial charge in [0.1, 0.15) is 18.1 Å². The summed E-state index contributed by atoms with van der Waals surface area (Å²) in [4.78, 5) is 7.09. The van der Waals surface area contributed by atoms with Gasteiger partial charge in [-0.25, -0.2) is 4.99 Å². The van der Waals surface area contributed by atoms with Gasteiger partial charge in [0.25, 0.3) is 0 Å². The molecule has 1 aromatic carbocycles. The van der Waals surface area contributed by atoms with Crippen LogP contribution in [-0.4, -0.2) is 63.4 Å². The molecule has 166 valence electrons. The third-order valence-corrected chi connectivity index (χ3v) is 4.74. The highest BCUT2D eigenvalue weighted by atomic mass is 127. The molecule has 0 spiro atoms. The standard InChI is InChI=1S/C22H32N4O3.HI/c1-2-23-22(24-10-9-20-7-5-14-28-20)25-18-19-6-3-4-8-21(19)29-17-13-26-11-15-27-16-12-26;/h3-8,14H,2,9-13,15-18H2,1H3,(H2,23,24,25);1H. The van der Waals surface area contributed by atoms with E-state index in [1.54, 1.807) is 6.26 Å². The Labute approximate surface area is 196 Å². The van der Waals surface area contributed by atoms with Gasteiger partial charge in [-0.05, 0) is 25.1 Å². The fourth-order valence-electron chi connectivity index (χ4n) is 3.15. The average Bonchev–Trinajstić information content (AvgIpc) is 3.27. The molecule has 3 rings (SSSR count). The minimum absolute atomic E-state index is 0. The summed E-state index contributed by atoms with van der Waals surface area (Å²) >= 11 is 0. The lowest BCUT2D eigenvalue weighted by Crippen LogP contribution is -2.38. The number of hydrogen-bond donors (Lipinski definition) is 2. The fourth-order valence-corrected chi connectivity index (χ4v) is 3.15. The average molecular weight is 528 g/mol. The Hall–Kier alpha value is -1.78. The van der Waals surface area contributed by atoms with Crippen molar-refractivity contribution < 1.29 is 13.9 Å². The predicted octanol–water partition coefficient (Wildman–Crippen LogP) is 2.91. The molecule has 1 aliphatic rings. The first-order chi connectivity index (χ1) is 14.3. The Bertz CT molecular complexity index is 734. The Morgan fingerprint density at radius 1 is 1.13 bits per heavy atom. The second-order valence-corrected chi connectivity index (χ2v) is 6.86. The zero-order chi connectivity index (χ0) is 20.2. The number of ether oxygens (including phenoxy) is 2. The number of para-hydroxylation sites is 1. The Balaban J connectivity index is 0.00000320. The fraction of sp³-hybridized carbons (Fsp3) is 0.500. The second-order valence-electron chi connectivity index (χ2n) is 6.86. The Morgan fingerprint density at radius 2 is 1.97 bits per heavy atom. The minimum atomic E-state index is 0. The van der Waals surface area contributed by atoms with Gasteiger partial charge in [-0.2, -0.15) is 0 Å². The topological polar surface area (TPSA) is 71.3 Å². The van der Waals surface area contributed by atoms with Crippen molar-refractivity contribution in [3.8, 4) is 5.75 Å². The highest BCUT2D eigenvalue weighted by Crippen LogP contribution is 2.19. The van der Waals surface area contributed by atoms with Crippen molar-refractivity contribution in [2.24, 2.45) is 4.99 Å². The number of nitrogens with zero attached hydrogens (tertiary/aromatic N) is 2. The molecule has 0 aliphatic carbocycles. The number of aliphatic imine (C=N–C) groups is 1. The zero-order valence-corrected chi connectivity index (χ0v) is 20.0. The quantitative estimate of drug-likeness (QED) is 0.281. The molecule has 7 nitrogen and oxygen atoms in total. The number of hydrogen-bond acceptors (Lipinski definition) is 5.